The van der Waals surface area contributed by atoms with E-state index in [2.05, 4.69) is 15.9 Å². The maximum atomic E-state index is 12.7. The van der Waals surface area contributed by atoms with Gasteiger partial charge in [-0.25, -0.2) is 4.79 Å². The number of hydrogen-bond acceptors (Lipinski definition) is 6. The summed E-state index contributed by atoms with van der Waals surface area (Å²) in [6.07, 6.45) is 4.16. The number of esters is 2. The monoisotopic (exact) mass is 400 g/mol. The van der Waals surface area contributed by atoms with Crippen molar-refractivity contribution in [2.75, 3.05) is 19.5 Å². The Balaban J connectivity index is 1.90. The standard InChI is InChI=1S/C17H21BrO6/c1-14(8-18)9-5-6-15(2)16(24-14,11(9)12(19)21-3)7-10-17(15,23-10)13(20)22-4/h5-6,9-11H,7-8H2,1-4H3/t9-,10-,11-,14-,15-,16-,17+/m1/s1. The number of rotatable bonds is 3. The first-order chi connectivity index (χ1) is 11.3. The van der Waals surface area contributed by atoms with Gasteiger partial charge >= 0.3 is 11.9 Å². The fraction of sp³-hybridized carbons (Fsp3) is 0.765. The minimum Gasteiger partial charge on any atom is -0.469 e. The maximum absolute atomic E-state index is 12.7. The van der Waals surface area contributed by atoms with E-state index in [9.17, 15) is 9.59 Å². The molecule has 0 radical (unpaired) electrons. The molecule has 2 saturated heterocycles. The molecule has 6 nitrogen and oxygen atoms in total. The SMILES string of the molecule is COC(=O)[C@H]1[C@H]2C=C[C@@]3(C)[C@]4(C(=O)OC)O[C@@H]4C[C@@]13O[C@]2(C)CBr. The quantitative estimate of drug-likeness (QED) is 0.310. The Kier molecular flexibility index (Phi) is 3.19. The molecule has 4 aliphatic rings. The van der Waals surface area contributed by atoms with Gasteiger partial charge < -0.3 is 18.9 Å². The molecule has 0 aromatic carbocycles. The normalized spacial score (nSPS) is 53.3. The van der Waals surface area contributed by atoms with Crippen LogP contribution in [0.1, 0.15) is 20.3 Å². The van der Waals surface area contributed by atoms with E-state index in [-0.39, 0.29) is 18.0 Å². The lowest BCUT2D eigenvalue weighted by Crippen LogP contribution is -2.59. The first kappa shape index (κ1) is 16.5. The molecule has 0 aromatic rings. The second kappa shape index (κ2) is 4.62. The zero-order valence-electron chi connectivity index (χ0n) is 14.1. The number of epoxide rings is 1. The largest absolute Gasteiger partial charge is 0.469 e. The van der Waals surface area contributed by atoms with Crippen molar-refractivity contribution in [3.05, 3.63) is 12.2 Å². The molecule has 0 N–H and O–H groups in total. The van der Waals surface area contributed by atoms with E-state index in [1.807, 2.05) is 26.0 Å². The summed E-state index contributed by atoms with van der Waals surface area (Å²) in [5, 5.41) is 0.580. The van der Waals surface area contributed by atoms with Crippen molar-refractivity contribution in [1.29, 1.82) is 0 Å². The molecule has 2 heterocycles. The van der Waals surface area contributed by atoms with Gasteiger partial charge in [0.15, 0.2) is 0 Å². The van der Waals surface area contributed by atoms with Crippen molar-refractivity contribution < 1.29 is 28.5 Å². The van der Waals surface area contributed by atoms with Gasteiger partial charge in [0.1, 0.15) is 6.10 Å². The topological polar surface area (TPSA) is 74.4 Å². The fourth-order valence-electron chi connectivity index (χ4n) is 5.42. The molecule has 3 fully saturated rings. The van der Waals surface area contributed by atoms with Crippen LogP contribution in [-0.2, 0) is 28.5 Å². The van der Waals surface area contributed by atoms with E-state index in [1.54, 1.807) is 0 Å². The predicted molar refractivity (Wildman–Crippen MR) is 86.5 cm³/mol. The molecule has 0 amide bonds. The third-order valence-corrected chi connectivity index (χ3v) is 7.80. The number of ether oxygens (including phenoxy) is 4. The van der Waals surface area contributed by atoms with Gasteiger partial charge in [0.25, 0.3) is 0 Å². The minimum absolute atomic E-state index is 0.121. The predicted octanol–water partition coefficient (Wildman–Crippen LogP) is 1.60. The summed E-state index contributed by atoms with van der Waals surface area (Å²) in [5.74, 6) is -1.31. The highest BCUT2D eigenvalue weighted by Gasteiger charge is 2.89. The zero-order valence-corrected chi connectivity index (χ0v) is 15.7. The molecule has 1 saturated carbocycles. The molecule has 7 heteroatoms. The molecule has 132 valence electrons. The summed E-state index contributed by atoms with van der Waals surface area (Å²) in [6, 6.07) is 0. The molecule has 2 aliphatic carbocycles. The zero-order chi connectivity index (χ0) is 17.5. The van der Waals surface area contributed by atoms with Crippen molar-refractivity contribution >= 4 is 27.9 Å². The molecular weight excluding hydrogens is 380 g/mol. The van der Waals surface area contributed by atoms with Crippen LogP contribution in [0.4, 0.5) is 0 Å². The minimum atomic E-state index is -1.08. The van der Waals surface area contributed by atoms with Gasteiger partial charge in [-0.05, 0) is 13.8 Å². The van der Waals surface area contributed by atoms with Crippen LogP contribution in [0.5, 0.6) is 0 Å². The van der Waals surface area contributed by atoms with Gasteiger partial charge in [-0.3, -0.25) is 4.79 Å². The Bertz CT molecular complexity index is 663. The highest BCUT2D eigenvalue weighted by atomic mass is 79.9. The highest BCUT2D eigenvalue weighted by molar-refractivity contribution is 9.09. The Morgan fingerprint density at radius 3 is 2.58 bits per heavy atom. The average molecular weight is 401 g/mol. The molecule has 0 aromatic heterocycles. The van der Waals surface area contributed by atoms with Crippen molar-refractivity contribution in [3.8, 4) is 0 Å². The third kappa shape index (κ3) is 1.47. The van der Waals surface area contributed by atoms with Gasteiger partial charge in [0.05, 0.1) is 36.8 Å². The van der Waals surface area contributed by atoms with Crippen LogP contribution in [-0.4, -0.2) is 54.4 Å². The number of alkyl halides is 1. The van der Waals surface area contributed by atoms with Crippen LogP contribution >= 0.6 is 15.9 Å². The summed E-state index contributed by atoms with van der Waals surface area (Å²) in [7, 11) is 2.75. The van der Waals surface area contributed by atoms with Crippen LogP contribution < -0.4 is 0 Å². The van der Waals surface area contributed by atoms with Gasteiger partial charge in [-0.1, -0.05) is 28.1 Å². The molecule has 7 atom stereocenters. The summed E-state index contributed by atoms with van der Waals surface area (Å²) < 4.78 is 22.5. The Morgan fingerprint density at radius 1 is 1.29 bits per heavy atom. The third-order valence-electron chi connectivity index (χ3n) is 6.69. The first-order valence-corrected chi connectivity index (χ1v) is 9.18. The van der Waals surface area contributed by atoms with E-state index in [0.29, 0.717) is 11.8 Å². The first-order valence-electron chi connectivity index (χ1n) is 8.06. The maximum Gasteiger partial charge on any atom is 0.341 e. The van der Waals surface area contributed by atoms with E-state index in [4.69, 9.17) is 18.9 Å². The second-order valence-electron chi connectivity index (χ2n) is 7.56. The lowest BCUT2D eigenvalue weighted by Gasteiger charge is -2.47. The van der Waals surface area contributed by atoms with E-state index < -0.39 is 34.1 Å². The van der Waals surface area contributed by atoms with Crippen LogP contribution in [0.3, 0.4) is 0 Å². The summed E-state index contributed by atoms with van der Waals surface area (Å²) in [5.41, 5.74) is -3.25. The lowest BCUT2D eigenvalue weighted by atomic mass is 9.58. The summed E-state index contributed by atoms with van der Waals surface area (Å²) >= 11 is 3.53. The van der Waals surface area contributed by atoms with Gasteiger partial charge in [0, 0.05) is 17.7 Å². The molecule has 0 unspecified atom stereocenters. The number of methoxy groups -OCH3 is 2. The van der Waals surface area contributed by atoms with Crippen molar-refractivity contribution in [3.63, 3.8) is 0 Å². The smallest absolute Gasteiger partial charge is 0.341 e. The lowest BCUT2D eigenvalue weighted by molar-refractivity contribution is -0.189. The van der Waals surface area contributed by atoms with E-state index in [0.717, 1.165) is 0 Å². The van der Waals surface area contributed by atoms with Crippen molar-refractivity contribution in [2.24, 2.45) is 17.3 Å². The molecule has 1 spiro atoms. The van der Waals surface area contributed by atoms with E-state index >= 15 is 0 Å². The number of carbonyl (C=O) groups excluding carboxylic acids is 2. The molecular formula is C17H21BrO6. The second-order valence-corrected chi connectivity index (χ2v) is 8.12. The molecule has 24 heavy (non-hydrogen) atoms. The van der Waals surface area contributed by atoms with Gasteiger partial charge in [0.2, 0.25) is 5.60 Å². The van der Waals surface area contributed by atoms with Crippen LogP contribution in [0.15, 0.2) is 12.2 Å². The van der Waals surface area contributed by atoms with Crippen LogP contribution in [0.25, 0.3) is 0 Å². The Hall–Kier alpha value is -0.920. The van der Waals surface area contributed by atoms with Gasteiger partial charge in [-0.15, -0.1) is 0 Å². The van der Waals surface area contributed by atoms with Crippen molar-refractivity contribution in [2.45, 2.75) is 43.2 Å². The summed E-state index contributed by atoms with van der Waals surface area (Å²) in [4.78, 5) is 25.2. The summed E-state index contributed by atoms with van der Waals surface area (Å²) in [6.45, 7) is 3.92. The molecule has 4 rings (SSSR count). The van der Waals surface area contributed by atoms with Crippen molar-refractivity contribution in [1.82, 2.24) is 0 Å². The fourth-order valence-corrected chi connectivity index (χ4v) is 5.91. The molecule has 2 aliphatic heterocycles. The van der Waals surface area contributed by atoms with E-state index in [1.165, 1.54) is 14.2 Å². The Labute approximate surface area is 149 Å². The highest BCUT2D eigenvalue weighted by Crippen LogP contribution is 2.75. The van der Waals surface area contributed by atoms with Crippen LogP contribution in [0.2, 0.25) is 0 Å². The number of halogens is 1. The van der Waals surface area contributed by atoms with Crippen LogP contribution in [0, 0.1) is 17.3 Å². The number of fused-ring (bicyclic) bond motifs is 3. The van der Waals surface area contributed by atoms with Gasteiger partial charge in [-0.2, -0.15) is 0 Å². The number of carbonyl (C=O) groups is 2. The Morgan fingerprint density at radius 2 is 2.00 bits per heavy atom. The molecule has 2 bridgehead atoms. The average Bonchev–Trinajstić information content (AvgIpc) is 3.20. The number of hydrogen-bond donors (Lipinski definition) is 0.